The number of hydrogen-bond donors (Lipinski definition) is 1. The molecule has 6 nitrogen and oxygen atoms in total. The second kappa shape index (κ2) is 9.16. The molecule has 6 heteroatoms. The topological polar surface area (TPSA) is 75.7 Å². The predicted octanol–water partition coefficient (Wildman–Crippen LogP) is 3.68. The van der Waals surface area contributed by atoms with Crippen molar-refractivity contribution in [3.63, 3.8) is 0 Å². The van der Waals surface area contributed by atoms with Crippen LogP contribution in [0.25, 0.3) is 0 Å². The largest absolute Gasteiger partial charge is 0.457 e. The maximum atomic E-state index is 12.6. The van der Waals surface area contributed by atoms with Crippen LogP contribution in [-0.2, 0) is 24.5 Å². The lowest BCUT2D eigenvalue weighted by Crippen LogP contribution is -2.29. The Labute approximate surface area is 182 Å². The van der Waals surface area contributed by atoms with Gasteiger partial charge in [0.25, 0.3) is 0 Å². The van der Waals surface area contributed by atoms with E-state index in [2.05, 4.69) is 25.2 Å². The van der Waals surface area contributed by atoms with Crippen LogP contribution in [-0.4, -0.2) is 31.3 Å². The Morgan fingerprint density at radius 1 is 1.06 bits per heavy atom. The summed E-state index contributed by atoms with van der Waals surface area (Å²) in [4.78, 5) is 38.5. The molecule has 1 atom stereocenters. The van der Waals surface area contributed by atoms with Gasteiger partial charge in [-0.3, -0.25) is 14.4 Å². The number of carbonyl (C=O) groups excluding carboxylic acids is 3. The monoisotopic (exact) mass is 420 g/mol. The highest BCUT2D eigenvalue weighted by atomic mass is 16.5. The first-order valence-corrected chi connectivity index (χ1v) is 10.3. The molecule has 1 aliphatic heterocycles. The highest BCUT2D eigenvalue weighted by Crippen LogP contribution is 2.46. The number of para-hydroxylation sites is 1. The Bertz CT molecular complexity index is 1010. The van der Waals surface area contributed by atoms with Gasteiger partial charge < -0.3 is 15.0 Å². The molecule has 1 unspecified atom stereocenters. The van der Waals surface area contributed by atoms with Gasteiger partial charge in [-0.05, 0) is 17.2 Å². The number of hydrogen-bond acceptors (Lipinski definition) is 5. The molecule has 0 saturated heterocycles. The molecule has 0 aliphatic carbocycles. The third kappa shape index (κ3) is 5.02. The standard InChI is InChI=1S/C25H28N2O4/c1-17(28)26-21(18-10-6-5-7-11-18)15-24(30)31-16-19(29)14-23-25(2,3)20-12-8-9-13-22(20)27(23)4/h5-14,21H,15-16H2,1-4H3,(H,26,28)/b23-14-. The van der Waals surface area contributed by atoms with Gasteiger partial charge in [-0.1, -0.05) is 62.4 Å². The zero-order valence-electron chi connectivity index (χ0n) is 18.3. The van der Waals surface area contributed by atoms with Gasteiger partial charge in [0.1, 0.15) is 0 Å². The van der Waals surface area contributed by atoms with Crippen molar-refractivity contribution >= 4 is 23.3 Å². The molecule has 1 N–H and O–H groups in total. The molecule has 0 radical (unpaired) electrons. The van der Waals surface area contributed by atoms with Crippen LogP contribution in [0.1, 0.15) is 44.4 Å². The molecular formula is C25H28N2O4. The van der Waals surface area contributed by atoms with E-state index < -0.39 is 12.0 Å². The van der Waals surface area contributed by atoms with E-state index in [1.165, 1.54) is 6.92 Å². The van der Waals surface area contributed by atoms with E-state index in [9.17, 15) is 14.4 Å². The number of ether oxygens (including phenoxy) is 1. The van der Waals surface area contributed by atoms with E-state index in [0.717, 1.165) is 22.5 Å². The Morgan fingerprint density at radius 2 is 1.71 bits per heavy atom. The molecule has 2 aromatic rings. The summed E-state index contributed by atoms with van der Waals surface area (Å²) in [5.74, 6) is -1.07. The number of amides is 1. The first-order chi connectivity index (χ1) is 14.7. The van der Waals surface area contributed by atoms with Gasteiger partial charge in [0, 0.05) is 36.8 Å². The van der Waals surface area contributed by atoms with Crippen molar-refractivity contribution in [3.8, 4) is 0 Å². The smallest absolute Gasteiger partial charge is 0.308 e. The van der Waals surface area contributed by atoms with Gasteiger partial charge in [-0.25, -0.2) is 0 Å². The molecule has 3 rings (SSSR count). The van der Waals surface area contributed by atoms with Crippen LogP contribution < -0.4 is 10.2 Å². The van der Waals surface area contributed by atoms with Crippen LogP contribution in [0.2, 0.25) is 0 Å². The Hall–Kier alpha value is -3.41. The first kappa shape index (κ1) is 22.3. The number of ketones is 1. The number of fused-ring (bicyclic) bond motifs is 1. The highest BCUT2D eigenvalue weighted by Gasteiger charge is 2.38. The highest BCUT2D eigenvalue weighted by molar-refractivity contribution is 5.94. The van der Waals surface area contributed by atoms with E-state index in [1.807, 2.05) is 60.5 Å². The molecule has 0 fully saturated rings. The van der Waals surface area contributed by atoms with Crippen LogP contribution in [0.4, 0.5) is 5.69 Å². The van der Waals surface area contributed by atoms with Crippen LogP contribution in [0.5, 0.6) is 0 Å². The second-order valence-corrected chi connectivity index (χ2v) is 8.23. The fourth-order valence-corrected chi connectivity index (χ4v) is 4.01. The minimum atomic E-state index is -0.545. The number of benzene rings is 2. The predicted molar refractivity (Wildman–Crippen MR) is 120 cm³/mol. The third-order valence-corrected chi connectivity index (χ3v) is 5.56. The molecule has 162 valence electrons. The van der Waals surface area contributed by atoms with Crippen LogP contribution in [0.15, 0.2) is 66.4 Å². The maximum absolute atomic E-state index is 12.6. The molecule has 2 aromatic carbocycles. The van der Waals surface area contributed by atoms with Crippen molar-refractivity contribution in [1.29, 1.82) is 0 Å². The Morgan fingerprint density at radius 3 is 2.35 bits per heavy atom. The molecule has 0 aromatic heterocycles. The normalized spacial score (nSPS) is 16.5. The van der Waals surface area contributed by atoms with Crippen molar-refractivity contribution in [3.05, 3.63) is 77.5 Å². The fraction of sp³-hybridized carbons (Fsp3) is 0.320. The summed E-state index contributed by atoms with van der Waals surface area (Å²) < 4.78 is 5.23. The molecule has 0 spiro atoms. The SMILES string of the molecule is CC(=O)NC(CC(=O)OCC(=O)/C=C1\N(C)c2ccccc2C1(C)C)c1ccccc1. The number of anilines is 1. The minimum absolute atomic E-state index is 0.0513. The van der Waals surface area contributed by atoms with E-state index in [-0.39, 0.29) is 30.1 Å². The fourth-order valence-electron chi connectivity index (χ4n) is 4.01. The number of rotatable bonds is 7. The van der Waals surface area contributed by atoms with Crippen molar-refractivity contribution in [2.75, 3.05) is 18.6 Å². The Balaban J connectivity index is 1.64. The molecular weight excluding hydrogens is 392 g/mol. The number of carbonyl (C=O) groups is 3. The maximum Gasteiger partial charge on any atom is 0.308 e. The lowest BCUT2D eigenvalue weighted by atomic mass is 9.83. The van der Waals surface area contributed by atoms with E-state index in [4.69, 9.17) is 4.74 Å². The lowest BCUT2D eigenvalue weighted by molar-refractivity contribution is -0.147. The van der Waals surface area contributed by atoms with Gasteiger partial charge in [0.2, 0.25) is 5.91 Å². The summed E-state index contributed by atoms with van der Waals surface area (Å²) in [5, 5.41) is 2.76. The van der Waals surface area contributed by atoms with Crippen LogP contribution >= 0.6 is 0 Å². The summed E-state index contributed by atoms with van der Waals surface area (Å²) in [6.07, 6.45) is 1.50. The van der Waals surface area contributed by atoms with Crippen molar-refractivity contribution in [1.82, 2.24) is 5.32 Å². The van der Waals surface area contributed by atoms with Crippen LogP contribution in [0, 0.1) is 0 Å². The quantitative estimate of drug-likeness (QED) is 0.546. The third-order valence-electron chi connectivity index (χ3n) is 5.56. The van der Waals surface area contributed by atoms with Crippen LogP contribution in [0.3, 0.4) is 0 Å². The van der Waals surface area contributed by atoms with Crippen molar-refractivity contribution < 1.29 is 19.1 Å². The second-order valence-electron chi connectivity index (χ2n) is 8.23. The van der Waals surface area contributed by atoms with E-state index in [1.54, 1.807) is 6.08 Å². The zero-order valence-corrected chi connectivity index (χ0v) is 18.3. The van der Waals surface area contributed by atoms with E-state index in [0.29, 0.717) is 0 Å². The number of nitrogens with one attached hydrogen (secondary N) is 1. The summed E-state index contributed by atoms with van der Waals surface area (Å²) in [7, 11) is 1.93. The minimum Gasteiger partial charge on any atom is -0.457 e. The summed E-state index contributed by atoms with van der Waals surface area (Å²) in [6.45, 7) is 5.19. The average Bonchev–Trinajstić information content (AvgIpc) is 2.93. The molecule has 0 bridgehead atoms. The molecule has 0 saturated carbocycles. The van der Waals surface area contributed by atoms with Crippen molar-refractivity contribution in [2.45, 2.75) is 38.6 Å². The molecule has 31 heavy (non-hydrogen) atoms. The summed E-state index contributed by atoms with van der Waals surface area (Å²) in [5.41, 5.74) is 3.54. The van der Waals surface area contributed by atoms with Gasteiger partial charge in [0.15, 0.2) is 12.4 Å². The number of nitrogens with zero attached hydrogens (tertiary/aromatic N) is 1. The molecule has 1 aliphatic rings. The molecule has 1 amide bonds. The molecule has 1 heterocycles. The first-order valence-electron chi connectivity index (χ1n) is 10.3. The summed E-state index contributed by atoms with van der Waals surface area (Å²) >= 11 is 0. The zero-order chi connectivity index (χ0) is 22.6. The van der Waals surface area contributed by atoms with Gasteiger partial charge in [-0.2, -0.15) is 0 Å². The average molecular weight is 421 g/mol. The lowest BCUT2D eigenvalue weighted by Gasteiger charge is -2.24. The van der Waals surface area contributed by atoms with Gasteiger partial charge in [0.05, 0.1) is 12.5 Å². The number of likely N-dealkylation sites (N-methyl/N-ethyl adjacent to an activating group) is 1. The Kier molecular flexibility index (Phi) is 6.59. The van der Waals surface area contributed by atoms with E-state index >= 15 is 0 Å². The number of allylic oxidation sites excluding steroid dienone is 1. The van der Waals surface area contributed by atoms with Gasteiger partial charge >= 0.3 is 5.97 Å². The number of esters is 1. The van der Waals surface area contributed by atoms with Gasteiger partial charge in [-0.15, -0.1) is 0 Å². The summed E-state index contributed by atoms with van der Waals surface area (Å²) in [6, 6.07) is 16.7. The van der Waals surface area contributed by atoms with Crippen molar-refractivity contribution in [2.24, 2.45) is 0 Å².